The number of amides is 4. The summed E-state index contributed by atoms with van der Waals surface area (Å²) in [5.74, 6) is -1.62. The first-order chi connectivity index (χ1) is 19.1. The lowest BCUT2D eigenvalue weighted by Crippen LogP contribution is -2.38. The van der Waals surface area contributed by atoms with Gasteiger partial charge in [0.1, 0.15) is 18.8 Å². The van der Waals surface area contributed by atoms with Crippen molar-refractivity contribution in [1.82, 2.24) is 10.2 Å². The van der Waals surface area contributed by atoms with Crippen LogP contribution in [-0.2, 0) is 16.2 Å². The minimum atomic E-state index is -1.02. The predicted octanol–water partition coefficient (Wildman–Crippen LogP) is 4.86. The van der Waals surface area contributed by atoms with Gasteiger partial charge in [0.2, 0.25) is 5.91 Å². The number of benzene rings is 3. The van der Waals surface area contributed by atoms with Gasteiger partial charge in [0.15, 0.2) is 11.5 Å². The zero-order valence-electron chi connectivity index (χ0n) is 21.7. The number of ether oxygens (including phenoxy) is 2. The summed E-state index contributed by atoms with van der Waals surface area (Å²) in [7, 11) is 0. The Bertz CT molecular complexity index is 1500. The van der Waals surface area contributed by atoms with Crippen molar-refractivity contribution < 1.29 is 33.8 Å². The number of urea groups is 1. The maximum Gasteiger partial charge on any atom is 0.335 e. The van der Waals surface area contributed by atoms with Crippen LogP contribution in [0.1, 0.15) is 34.0 Å². The van der Waals surface area contributed by atoms with Crippen molar-refractivity contribution in [3.63, 3.8) is 0 Å². The maximum absolute atomic E-state index is 12.9. The van der Waals surface area contributed by atoms with E-state index in [-0.39, 0.29) is 28.6 Å². The van der Waals surface area contributed by atoms with Crippen LogP contribution >= 0.6 is 11.6 Å². The molecule has 0 spiro atoms. The molecule has 1 heterocycles. The van der Waals surface area contributed by atoms with Gasteiger partial charge in [-0.25, -0.2) is 14.5 Å². The molecule has 40 heavy (non-hydrogen) atoms. The molecule has 3 aromatic rings. The van der Waals surface area contributed by atoms with Gasteiger partial charge in [-0.15, -0.1) is 0 Å². The van der Waals surface area contributed by atoms with Gasteiger partial charge < -0.3 is 25.2 Å². The Balaban J connectivity index is 1.48. The molecule has 0 saturated carbocycles. The van der Waals surface area contributed by atoms with E-state index < -0.39 is 30.4 Å². The van der Waals surface area contributed by atoms with E-state index in [1.54, 1.807) is 49.4 Å². The Morgan fingerprint density at radius 3 is 2.50 bits per heavy atom. The second kappa shape index (κ2) is 12.4. The van der Waals surface area contributed by atoms with E-state index in [2.05, 4.69) is 10.6 Å². The van der Waals surface area contributed by atoms with Crippen molar-refractivity contribution in [2.45, 2.75) is 20.5 Å². The Morgan fingerprint density at radius 1 is 1.07 bits per heavy atom. The van der Waals surface area contributed by atoms with Crippen LogP contribution in [0.15, 0.2) is 66.4 Å². The van der Waals surface area contributed by atoms with Gasteiger partial charge in [0.25, 0.3) is 5.91 Å². The summed E-state index contributed by atoms with van der Waals surface area (Å²) < 4.78 is 11.6. The van der Waals surface area contributed by atoms with E-state index in [9.17, 15) is 19.2 Å². The fourth-order valence-corrected chi connectivity index (χ4v) is 4.20. The SMILES string of the molecule is CCOc1cc(/C=C2/NC(=O)N(CC(=O)Nc3cccc(C)c3)C2=O)cc(Cl)c1OCc1ccc(C(=O)O)cc1. The molecule has 0 atom stereocenters. The quantitative estimate of drug-likeness (QED) is 0.237. The number of anilines is 1. The Labute approximate surface area is 235 Å². The predicted molar refractivity (Wildman–Crippen MR) is 148 cm³/mol. The molecule has 1 aliphatic rings. The summed E-state index contributed by atoms with van der Waals surface area (Å²) in [6.45, 7) is 3.62. The molecule has 11 heteroatoms. The van der Waals surface area contributed by atoms with Gasteiger partial charge in [0, 0.05) is 5.69 Å². The molecule has 0 radical (unpaired) electrons. The maximum atomic E-state index is 12.9. The molecular formula is C29H26ClN3O7. The van der Waals surface area contributed by atoms with Crippen molar-refractivity contribution in [3.8, 4) is 11.5 Å². The lowest BCUT2D eigenvalue weighted by molar-refractivity contribution is -0.127. The number of halogens is 1. The van der Waals surface area contributed by atoms with Crippen LogP contribution in [0, 0.1) is 6.92 Å². The number of imide groups is 1. The number of rotatable bonds is 10. The molecule has 0 aliphatic carbocycles. The van der Waals surface area contributed by atoms with Crippen LogP contribution < -0.4 is 20.1 Å². The van der Waals surface area contributed by atoms with E-state index in [4.69, 9.17) is 26.2 Å². The fourth-order valence-electron chi connectivity index (χ4n) is 3.92. The Morgan fingerprint density at radius 2 is 1.82 bits per heavy atom. The monoisotopic (exact) mass is 563 g/mol. The van der Waals surface area contributed by atoms with E-state index in [0.29, 0.717) is 23.6 Å². The van der Waals surface area contributed by atoms with E-state index >= 15 is 0 Å². The third kappa shape index (κ3) is 6.78. The number of hydrogen-bond donors (Lipinski definition) is 3. The lowest BCUT2D eigenvalue weighted by Gasteiger charge is -2.15. The van der Waals surface area contributed by atoms with Crippen molar-refractivity contribution in [2.24, 2.45) is 0 Å². The summed E-state index contributed by atoms with van der Waals surface area (Å²) >= 11 is 6.49. The molecule has 4 amide bonds. The molecule has 4 rings (SSSR count). The minimum Gasteiger partial charge on any atom is -0.490 e. The van der Waals surface area contributed by atoms with Crippen molar-refractivity contribution in [1.29, 1.82) is 0 Å². The van der Waals surface area contributed by atoms with Gasteiger partial charge in [-0.05, 0) is 73.0 Å². The molecule has 10 nitrogen and oxygen atoms in total. The second-order valence-electron chi connectivity index (χ2n) is 8.85. The highest BCUT2D eigenvalue weighted by Crippen LogP contribution is 2.38. The standard InChI is InChI=1S/C29H26ClN3O7/c1-3-39-24-14-19(12-22(30)26(24)40-16-18-7-9-20(10-8-18)28(36)37)13-23-27(35)33(29(38)32-23)15-25(34)31-21-6-4-5-17(2)11-21/h4-14H,3,15-16H2,1-2H3,(H,31,34)(H,32,38)(H,36,37)/b23-13+. The summed E-state index contributed by atoms with van der Waals surface area (Å²) in [6.07, 6.45) is 1.43. The number of carboxylic acid groups (broad SMARTS) is 1. The first-order valence-corrected chi connectivity index (χ1v) is 12.6. The number of nitrogens with zero attached hydrogens (tertiary/aromatic N) is 1. The van der Waals surface area contributed by atoms with Crippen LogP contribution in [0.5, 0.6) is 11.5 Å². The van der Waals surface area contributed by atoms with Crippen LogP contribution in [0.2, 0.25) is 5.02 Å². The third-order valence-corrected chi connectivity index (χ3v) is 6.07. The van der Waals surface area contributed by atoms with Crippen LogP contribution in [0.3, 0.4) is 0 Å². The lowest BCUT2D eigenvalue weighted by atomic mass is 10.1. The minimum absolute atomic E-state index is 0.0286. The molecule has 1 fully saturated rings. The Hall–Kier alpha value is -4.83. The number of aryl methyl sites for hydroxylation is 1. The highest BCUT2D eigenvalue weighted by molar-refractivity contribution is 6.32. The van der Waals surface area contributed by atoms with Crippen LogP contribution in [0.4, 0.5) is 10.5 Å². The van der Waals surface area contributed by atoms with Gasteiger partial charge in [-0.2, -0.15) is 0 Å². The summed E-state index contributed by atoms with van der Waals surface area (Å²) in [4.78, 5) is 49.7. The molecule has 0 aromatic heterocycles. The van der Waals surface area contributed by atoms with Crippen LogP contribution in [-0.4, -0.2) is 47.0 Å². The molecule has 1 saturated heterocycles. The topological polar surface area (TPSA) is 134 Å². The number of aromatic carboxylic acids is 1. The van der Waals surface area contributed by atoms with E-state index in [1.807, 2.05) is 13.0 Å². The van der Waals surface area contributed by atoms with E-state index in [1.165, 1.54) is 18.2 Å². The van der Waals surface area contributed by atoms with Gasteiger partial charge in [-0.3, -0.25) is 9.59 Å². The Kier molecular flexibility index (Phi) is 8.70. The molecule has 1 aliphatic heterocycles. The normalized spacial score (nSPS) is 13.8. The number of carbonyl (C=O) groups excluding carboxylic acids is 3. The second-order valence-corrected chi connectivity index (χ2v) is 9.26. The number of carbonyl (C=O) groups is 4. The summed E-state index contributed by atoms with van der Waals surface area (Å²) in [5, 5.41) is 14.4. The molecule has 3 N–H and O–H groups in total. The van der Waals surface area contributed by atoms with Crippen LogP contribution in [0.25, 0.3) is 6.08 Å². The first kappa shape index (κ1) is 28.2. The van der Waals surface area contributed by atoms with Gasteiger partial charge in [0.05, 0.1) is 17.2 Å². The highest BCUT2D eigenvalue weighted by atomic mass is 35.5. The average Bonchev–Trinajstić information content (AvgIpc) is 3.15. The number of carboxylic acids is 1. The van der Waals surface area contributed by atoms with Crippen molar-refractivity contribution in [2.75, 3.05) is 18.5 Å². The van der Waals surface area contributed by atoms with Gasteiger partial charge in [-0.1, -0.05) is 35.9 Å². The van der Waals surface area contributed by atoms with Crippen molar-refractivity contribution in [3.05, 3.63) is 93.6 Å². The average molecular weight is 564 g/mol. The fraction of sp³-hybridized carbons (Fsp3) is 0.172. The van der Waals surface area contributed by atoms with Crippen molar-refractivity contribution >= 4 is 47.2 Å². The molecule has 206 valence electrons. The zero-order valence-corrected chi connectivity index (χ0v) is 22.4. The molecule has 3 aromatic carbocycles. The molecule has 0 bridgehead atoms. The summed E-state index contributed by atoms with van der Waals surface area (Å²) in [5.41, 5.74) is 2.83. The van der Waals surface area contributed by atoms with E-state index in [0.717, 1.165) is 16.0 Å². The number of hydrogen-bond acceptors (Lipinski definition) is 6. The third-order valence-electron chi connectivity index (χ3n) is 5.79. The summed E-state index contributed by atoms with van der Waals surface area (Å²) in [6, 6.07) is 15.8. The highest BCUT2D eigenvalue weighted by Gasteiger charge is 2.35. The molecular weight excluding hydrogens is 538 g/mol. The zero-order chi connectivity index (χ0) is 28.8. The first-order valence-electron chi connectivity index (χ1n) is 12.3. The number of nitrogens with one attached hydrogen (secondary N) is 2. The van der Waals surface area contributed by atoms with Gasteiger partial charge >= 0.3 is 12.0 Å². The molecule has 0 unspecified atom stereocenters. The largest absolute Gasteiger partial charge is 0.490 e. The smallest absolute Gasteiger partial charge is 0.335 e.